The molecule has 0 aromatic heterocycles. The molecule has 0 N–H and O–H groups in total. The number of rotatable bonds is 4. The molecule has 214 valence electrons. The standard InChI is InChI=1S/C38H38S4/c1-23-24(2)40-36(39-23)35-33-21-27(25-9-15-29(16-10-25)41-37(3,4)5)13-19-31(33)32-20-14-28(22-34(32)35)26-11-17-30(18-12-26)42-38(6,7)8/h9-22H,1-8H3. The molecule has 0 saturated carbocycles. The molecule has 2 aliphatic rings. The van der Waals surface area contributed by atoms with Crippen LogP contribution in [0.4, 0.5) is 0 Å². The Balaban J connectivity index is 1.40. The second-order valence-corrected chi connectivity index (χ2v) is 19.5. The topological polar surface area (TPSA) is 0 Å². The molecule has 0 bridgehead atoms. The highest BCUT2D eigenvalue weighted by molar-refractivity contribution is 8.28. The van der Waals surface area contributed by atoms with E-state index < -0.39 is 0 Å². The predicted octanol–water partition coefficient (Wildman–Crippen LogP) is 13.2. The van der Waals surface area contributed by atoms with Crippen LogP contribution in [0.2, 0.25) is 0 Å². The van der Waals surface area contributed by atoms with Gasteiger partial charge in [0, 0.05) is 24.9 Å². The van der Waals surface area contributed by atoms with Crippen LogP contribution in [0.1, 0.15) is 66.5 Å². The van der Waals surface area contributed by atoms with Crippen LogP contribution < -0.4 is 0 Å². The van der Waals surface area contributed by atoms with Crippen LogP contribution in [-0.2, 0) is 0 Å². The summed E-state index contributed by atoms with van der Waals surface area (Å²) in [6.07, 6.45) is 0. The molecule has 0 unspecified atom stereocenters. The molecule has 4 heteroatoms. The molecule has 1 aliphatic carbocycles. The molecule has 4 aromatic rings. The molecule has 0 fully saturated rings. The second kappa shape index (κ2) is 11.4. The first-order valence-electron chi connectivity index (χ1n) is 14.5. The van der Waals surface area contributed by atoms with Gasteiger partial charge in [0.05, 0.1) is 4.24 Å². The minimum atomic E-state index is 0.204. The van der Waals surface area contributed by atoms with Gasteiger partial charge in [0.1, 0.15) is 0 Å². The van der Waals surface area contributed by atoms with Crippen molar-refractivity contribution in [3.05, 3.63) is 110 Å². The highest BCUT2D eigenvalue weighted by Crippen LogP contribution is 2.57. The summed E-state index contributed by atoms with van der Waals surface area (Å²) in [7, 11) is 0. The molecule has 1 aliphatic heterocycles. The number of thioether (sulfide) groups is 4. The lowest BCUT2D eigenvalue weighted by Gasteiger charge is -2.17. The lowest BCUT2D eigenvalue weighted by atomic mass is 9.98. The number of hydrogen-bond donors (Lipinski definition) is 0. The van der Waals surface area contributed by atoms with Gasteiger partial charge >= 0.3 is 0 Å². The van der Waals surface area contributed by atoms with E-state index in [1.165, 1.54) is 73.9 Å². The lowest BCUT2D eigenvalue weighted by Crippen LogP contribution is -2.06. The van der Waals surface area contributed by atoms with Gasteiger partial charge in [0.2, 0.25) is 0 Å². The van der Waals surface area contributed by atoms with Crippen LogP contribution in [0.15, 0.2) is 109 Å². The third kappa shape index (κ3) is 6.33. The SMILES string of the molecule is CC1=C(C)SC(=C2c3cc(-c4ccc(SC(C)(C)C)cc4)ccc3-c3ccc(-c4ccc(SC(C)(C)C)cc4)cc32)S1. The van der Waals surface area contributed by atoms with E-state index in [1.54, 1.807) is 0 Å². The summed E-state index contributed by atoms with van der Waals surface area (Å²) < 4.78 is 1.80. The number of fused-ring (bicyclic) bond motifs is 3. The van der Waals surface area contributed by atoms with E-state index in [9.17, 15) is 0 Å². The molecule has 0 saturated heterocycles. The van der Waals surface area contributed by atoms with Gasteiger partial charge in [-0.3, -0.25) is 0 Å². The Hall–Kier alpha value is -2.24. The Morgan fingerprint density at radius 3 is 1.17 bits per heavy atom. The number of hydrogen-bond acceptors (Lipinski definition) is 4. The van der Waals surface area contributed by atoms with Gasteiger partial charge in [-0.25, -0.2) is 0 Å². The molecule has 4 aromatic carbocycles. The molecular weight excluding hydrogens is 585 g/mol. The maximum absolute atomic E-state index is 2.42. The summed E-state index contributed by atoms with van der Waals surface area (Å²) in [5, 5.41) is 0. The minimum absolute atomic E-state index is 0.204. The molecule has 0 amide bonds. The Morgan fingerprint density at radius 2 is 0.810 bits per heavy atom. The van der Waals surface area contributed by atoms with E-state index in [1.807, 2.05) is 47.0 Å². The van der Waals surface area contributed by atoms with Crippen LogP contribution in [-0.4, -0.2) is 9.49 Å². The van der Waals surface area contributed by atoms with Crippen molar-refractivity contribution >= 4 is 52.6 Å². The van der Waals surface area contributed by atoms with Crippen LogP contribution >= 0.6 is 47.0 Å². The average Bonchev–Trinajstić information content (AvgIpc) is 3.42. The third-order valence-corrected chi connectivity index (χ3v) is 12.2. The van der Waals surface area contributed by atoms with E-state index in [2.05, 4.69) is 140 Å². The Morgan fingerprint density at radius 1 is 0.452 bits per heavy atom. The fourth-order valence-electron chi connectivity index (χ4n) is 5.38. The van der Waals surface area contributed by atoms with Crippen molar-refractivity contribution in [2.75, 3.05) is 0 Å². The fraction of sp³-hybridized carbons (Fsp3) is 0.263. The van der Waals surface area contributed by atoms with Gasteiger partial charge in [0.15, 0.2) is 0 Å². The quantitative estimate of drug-likeness (QED) is 0.183. The molecule has 0 nitrogen and oxygen atoms in total. The summed E-state index contributed by atoms with van der Waals surface area (Å²) >= 11 is 7.70. The summed E-state index contributed by atoms with van der Waals surface area (Å²) in [5.41, 5.74) is 11.8. The van der Waals surface area contributed by atoms with Gasteiger partial charge in [-0.15, -0.1) is 23.5 Å². The van der Waals surface area contributed by atoms with Crippen molar-refractivity contribution in [3.8, 4) is 33.4 Å². The van der Waals surface area contributed by atoms with Crippen LogP contribution in [0, 0.1) is 0 Å². The minimum Gasteiger partial charge on any atom is -0.120 e. The maximum Gasteiger partial charge on any atom is 0.0577 e. The number of benzene rings is 4. The smallest absolute Gasteiger partial charge is 0.0577 e. The summed E-state index contributed by atoms with van der Waals surface area (Å²) in [5.74, 6) is 0. The zero-order valence-electron chi connectivity index (χ0n) is 25.7. The molecule has 42 heavy (non-hydrogen) atoms. The van der Waals surface area contributed by atoms with Crippen molar-refractivity contribution in [2.24, 2.45) is 0 Å². The van der Waals surface area contributed by atoms with Crippen molar-refractivity contribution in [1.82, 2.24) is 0 Å². The van der Waals surface area contributed by atoms with Crippen molar-refractivity contribution in [1.29, 1.82) is 0 Å². The van der Waals surface area contributed by atoms with Crippen LogP contribution in [0.3, 0.4) is 0 Å². The normalized spacial score (nSPS) is 15.0. The predicted molar refractivity (Wildman–Crippen MR) is 194 cm³/mol. The first-order chi connectivity index (χ1) is 19.8. The largest absolute Gasteiger partial charge is 0.120 e. The van der Waals surface area contributed by atoms with E-state index in [4.69, 9.17) is 0 Å². The van der Waals surface area contributed by atoms with Crippen LogP contribution in [0.5, 0.6) is 0 Å². The van der Waals surface area contributed by atoms with Gasteiger partial charge in [-0.1, -0.05) is 114 Å². The van der Waals surface area contributed by atoms with Gasteiger partial charge < -0.3 is 0 Å². The summed E-state index contributed by atoms with van der Waals surface area (Å²) in [4.78, 5) is 5.44. The molecule has 6 rings (SSSR count). The van der Waals surface area contributed by atoms with Gasteiger partial charge in [-0.05, 0) is 105 Å². The monoisotopic (exact) mass is 622 g/mol. The van der Waals surface area contributed by atoms with E-state index >= 15 is 0 Å². The van der Waals surface area contributed by atoms with Crippen molar-refractivity contribution in [3.63, 3.8) is 0 Å². The van der Waals surface area contributed by atoms with Crippen molar-refractivity contribution in [2.45, 2.75) is 74.7 Å². The van der Waals surface area contributed by atoms with Gasteiger partial charge in [0.25, 0.3) is 0 Å². The fourth-order valence-corrected chi connectivity index (χ4v) is 9.99. The third-order valence-electron chi connectivity index (χ3n) is 7.28. The Labute approximate surface area is 269 Å². The number of allylic oxidation sites excluding steroid dienone is 2. The molecule has 0 spiro atoms. The van der Waals surface area contributed by atoms with Gasteiger partial charge in [-0.2, -0.15) is 0 Å². The zero-order valence-corrected chi connectivity index (χ0v) is 29.0. The molecular formula is C38H38S4. The summed E-state index contributed by atoms with van der Waals surface area (Å²) in [6, 6.07) is 32.3. The first-order valence-corrected chi connectivity index (χ1v) is 17.8. The zero-order chi connectivity index (χ0) is 29.8. The van der Waals surface area contributed by atoms with E-state index in [0.717, 1.165) is 0 Å². The molecule has 0 atom stereocenters. The Kier molecular flexibility index (Phi) is 8.06. The Bertz CT molecular complexity index is 1600. The van der Waals surface area contributed by atoms with E-state index in [-0.39, 0.29) is 9.49 Å². The van der Waals surface area contributed by atoms with Crippen LogP contribution in [0.25, 0.3) is 39.0 Å². The second-order valence-electron chi connectivity index (χ2n) is 13.0. The maximum atomic E-state index is 2.42. The summed E-state index contributed by atoms with van der Waals surface area (Å²) in [6.45, 7) is 18.1. The highest BCUT2D eigenvalue weighted by Gasteiger charge is 2.30. The lowest BCUT2D eigenvalue weighted by molar-refractivity contribution is 0.802. The first kappa shape index (κ1) is 29.8. The van der Waals surface area contributed by atoms with E-state index in [0.29, 0.717) is 0 Å². The molecule has 0 radical (unpaired) electrons. The van der Waals surface area contributed by atoms with Crippen molar-refractivity contribution < 1.29 is 0 Å². The molecule has 1 heterocycles. The highest BCUT2D eigenvalue weighted by atomic mass is 32.2. The average molecular weight is 623 g/mol.